The van der Waals surface area contributed by atoms with Crippen LogP contribution >= 0.6 is 0 Å². The summed E-state index contributed by atoms with van der Waals surface area (Å²) in [5, 5.41) is 0. The maximum atomic E-state index is 13.4. The van der Waals surface area contributed by atoms with Crippen LogP contribution in [0.1, 0.15) is 36.8 Å². The molecule has 0 aliphatic carbocycles. The Morgan fingerprint density at radius 2 is 1.78 bits per heavy atom. The number of halogens is 4. The van der Waals surface area contributed by atoms with Crippen LogP contribution in [0.2, 0.25) is 0 Å². The van der Waals surface area contributed by atoms with E-state index in [4.69, 9.17) is 0 Å². The van der Waals surface area contributed by atoms with Crippen molar-refractivity contribution in [2.75, 3.05) is 7.11 Å². The van der Waals surface area contributed by atoms with Crippen LogP contribution in [0.25, 0.3) is 0 Å². The molecule has 0 unspecified atom stereocenters. The topological polar surface area (TPSA) is 31.2 Å². The molecule has 102 valence electrons. The van der Waals surface area contributed by atoms with Gasteiger partial charge in [0.2, 0.25) is 0 Å². The van der Waals surface area contributed by atoms with Crippen LogP contribution in [0.15, 0.2) is 6.20 Å². The maximum absolute atomic E-state index is 13.4. The van der Waals surface area contributed by atoms with Gasteiger partial charge >= 0.3 is 12.1 Å². The van der Waals surface area contributed by atoms with E-state index in [1.165, 1.54) is 0 Å². The molecule has 18 heavy (non-hydrogen) atoms. The fourth-order valence-electron chi connectivity index (χ4n) is 1.57. The van der Waals surface area contributed by atoms with E-state index in [1.807, 2.05) is 0 Å². The summed E-state index contributed by atoms with van der Waals surface area (Å²) in [6, 6.07) is 0. The van der Waals surface area contributed by atoms with E-state index in [-0.39, 0.29) is 0 Å². The standard InChI is InChI=1S/C11H13F4NO2/c1-10(2,3)16-5-6(12)7(11(13,14)15)8(16)9(17)18-4/h5H,1-4H3. The zero-order valence-corrected chi connectivity index (χ0v) is 10.4. The zero-order chi connectivity index (χ0) is 14.3. The summed E-state index contributed by atoms with van der Waals surface area (Å²) in [5.74, 6) is -2.71. The van der Waals surface area contributed by atoms with Crippen molar-refractivity contribution >= 4 is 5.97 Å². The third-order valence-electron chi connectivity index (χ3n) is 2.34. The first-order valence-corrected chi connectivity index (χ1v) is 5.07. The van der Waals surface area contributed by atoms with Gasteiger partial charge in [0.1, 0.15) is 11.3 Å². The summed E-state index contributed by atoms with van der Waals surface area (Å²) >= 11 is 0. The van der Waals surface area contributed by atoms with Gasteiger partial charge in [-0.25, -0.2) is 9.18 Å². The summed E-state index contributed by atoms with van der Waals surface area (Å²) in [5.41, 5.74) is -3.30. The number of rotatable bonds is 1. The van der Waals surface area contributed by atoms with Gasteiger partial charge in [-0.2, -0.15) is 13.2 Å². The summed E-state index contributed by atoms with van der Waals surface area (Å²) in [4.78, 5) is 11.5. The Balaban J connectivity index is 3.63. The Labute approximate surface area is 101 Å². The van der Waals surface area contributed by atoms with Crippen molar-refractivity contribution in [1.29, 1.82) is 0 Å². The van der Waals surface area contributed by atoms with Crippen molar-refractivity contribution in [3.63, 3.8) is 0 Å². The van der Waals surface area contributed by atoms with Crippen LogP contribution in [-0.4, -0.2) is 17.6 Å². The molecule has 3 nitrogen and oxygen atoms in total. The number of carbonyl (C=O) groups excluding carboxylic acids is 1. The van der Waals surface area contributed by atoms with Crippen LogP contribution in [0.4, 0.5) is 17.6 Å². The van der Waals surface area contributed by atoms with Crippen molar-refractivity contribution < 1.29 is 27.1 Å². The molecule has 0 saturated carbocycles. The molecule has 0 aromatic carbocycles. The monoisotopic (exact) mass is 267 g/mol. The number of hydrogen-bond donors (Lipinski definition) is 0. The van der Waals surface area contributed by atoms with Gasteiger partial charge in [0.05, 0.1) is 7.11 Å². The van der Waals surface area contributed by atoms with Gasteiger partial charge in [0.15, 0.2) is 5.82 Å². The second-order valence-electron chi connectivity index (χ2n) is 4.73. The zero-order valence-electron chi connectivity index (χ0n) is 10.4. The van der Waals surface area contributed by atoms with Crippen LogP contribution < -0.4 is 0 Å². The van der Waals surface area contributed by atoms with Gasteiger partial charge in [0.25, 0.3) is 0 Å². The third-order valence-corrected chi connectivity index (χ3v) is 2.34. The summed E-state index contributed by atoms with van der Waals surface area (Å²) in [6.07, 6.45) is -4.29. The Bertz CT molecular complexity index is 469. The highest BCUT2D eigenvalue weighted by atomic mass is 19.4. The fraction of sp³-hybridized carbons (Fsp3) is 0.545. The predicted molar refractivity (Wildman–Crippen MR) is 55.7 cm³/mol. The second kappa shape index (κ2) is 4.29. The van der Waals surface area contributed by atoms with Gasteiger partial charge in [0, 0.05) is 11.7 Å². The van der Waals surface area contributed by atoms with Crippen LogP contribution in [0, 0.1) is 5.82 Å². The van der Waals surface area contributed by atoms with Crippen molar-refractivity contribution in [2.24, 2.45) is 0 Å². The van der Waals surface area contributed by atoms with E-state index >= 15 is 0 Å². The maximum Gasteiger partial charge on any atom is 0.421 e. The minimum atomic E-state index is -4.95. The van der Waals surface area contributed by atoms with E-state index in [1.54, 1.807) is 20.8 Å². The molecule has 0 aliphatic rings. The molecule has 0 amide bonds. The van der Waals surface area contributed by atoms with Gasteiger partial charge < -0.3 is 9.30 Å². The van der Waals surface area contributed by atoms with E-state index in [0.717, 1.165) is 11.7 Å². The third kappa shape index (κ3) is 2.49. The number of nitrogens with zero attached hydrogens (tertiary/aromatic N) is 1. The lowest BCUT2D eigenvalue weighted by Crippen LogP contribution is -2.27. The predicted octanol–water partition coefficient (Wildman–Crippen LogP) is 3.19. The van der Waals surface area contributed by atoms with Crippen molar-refractivity contribution in [2.45, 2.75) is 32.5 Å². The highest BCUT2D eigenvalue weighted by Gasteiger charge is 2.43. The molecule has 1 rings (SSSR count). The Morgan fingerprint density at radius 1 is 1.28 bits per heavy atom. The van der Waals surface area contributed by atoms with E-state index in [0.29, 0.717) is 6.20 Å². The molecule has 1 aromatic heterocycles. The molecule has 0 aliphatic heterocycles. The largest absolute Gasteiger partial charge is 0.464 e. The molecule has 0 fully saturated rings. The molecule has 0 atom stereocenters. The number of esters is 1. The normalized spacial score (nSPS) is 12.7. The SMILES string of the molecule is COC(=O)c1c(C(F)(F)F)c(F)cn1C(C)(C)C. The Morgan fingerprint density at radius 3 is 2.11 bits per heavy atom. The molecule has 0 bridgehead atoms. The minimum absolute atomic E-state index is 0.662. The Kier molecular flexibility index (Phi) is 3.47. The number of hydrogen-bond acceptors (Lipinski definition) is 2. The highest BCUT2D eigenvalue weighted by molar-refractivity contribution is 5.90. The van der Waals surface area contributed by atoms with Gasteiger partial charge in [-0.1, -0.05) is 0 Å². The summed E-state index contributed by atoms with van der Waals surface area (Å²) in [6.45, 7) is 4.66. The Hall–Kier alpha value is -1.53. The van der Waals surface area contributed by atoms with Crippen LogP contribution in [0.3, 0.4) is 0 Å². The molecule has 0 N–H and O–H groups in total. The molecule has 0 saturated heterocycles. The average Bonchev–Trinajstić information content (AvgIpc) is 2.53. The smallest absolute Gasteiger partial charge is 0.421 e. The van der Waals surface area contributed by atoms with Crippen molar-refractivity contribution in [3.05, 3.63) is 23.3 Å². The van der Waals surface area contributed by atoms with E-state index < -0.39 is 34.8 Å². The number of carbonyl (C=O) groups is 1. The van der Waals surface area contributed by atoms with Gasteiger partial charge in [-0.05, 0) is 20.8 Å². The van der Waals surface area contributed by atoms with Crippen molar-refractivity contribution in [1.82, 2.24) is 4.57 Å². The quantitative estimate of drug-likeness (QED) is 0.578. The first-order chi connectivity index (χ1) is 8.00. The van der Waals surface area contributed by atoms with Crippen molar-refractivity contribution in [3.8, 4) is 0 Å². The number of aromatic nitrogens is 1. The summed E-state index contributed by atoms with van der Waals surface area (Å²) in [7, 11) is 0.945. The fourth-order valence-corrected chi connectivity index (χ4v) is 1.57. The molecule has 7 heteroatoms. The average molecular weight is 267 g/mol. The molecular formula is C11H13F4NO2. The van der Waals surface area contributed by atoms with Crippen LogP contribution in [0.5, 0.6) is 0 Å². The van der Waals surface area contributed by atoms with Gasteiger partial charge in [-0.3, -0.25) is 0 Å². The lowest BCUT2D eigenvalue weighted by Gasteiger charge is -2.23. The van der Waals surface area contributed by atoms with Crippen LogP contribution in [-0.2, 0) is 16.5 Å². The molecule has 0 spiro atoms. The second-order valence-corrected chi connectivity index (χ2v) is 4.73. The minimum Gasteiger partial charge on any atom is -0.464 e. The number of alkyl halides is 3. The molecular weight excluding hydrogens is 254 g/mol. The lowest BCUT2D eigenvalue weighted by atomic mass is 10.1. The molecule has 1 aromatic rings. The van der Waals surface area contributed by atoms with E-state index in [2.05, 4.69) is 4.74 Å². The van der Waals surface area contributed by atoms with E-state index in [9.17, 15) is 22.4 Å². The van der Waals surface area contributed by atoms with Gasteiger partial charge in [-0.15, -0.1) is 0 Å². The first kappa shape index (κ1) is 14.5. The highest BCUT2D eigenvalue weighted by Crippen LogP contribution is 2.37. The first-order valence-electron chi connectivity index (χ1n) is 5.07. The number of methoxy groups -OCH3 is 1. The summed E-state index contributed by atoms with van der Waals surface area (Å²) < 4.78 is 56.9. The lowest BCUT2D eigenvalue weighted by molar-refractivity contribution is -0.140. The molecule has 1 heterocycles. The molecule has 0 radical (unpaired) electrons. The number of ether oxygens (including phenoxy) is 1.